The fourth-order valence-electron chi connectivity index (χ4n) is 3.20. The van der Waals surface area contributed by atoms with Crippen molar-refractivity contribution in [2.24, 2.45) is 0 Å². The van der Waals surface area contributed by atoms with E-state index in [4.69, 9.17) is 9.15 Å². The second kappa shape index (κ2) is 11.7. The Morgan fingerprint density at radius 3 is 2.38 bits per heavy atom. The van der Waals surface area contributed by atoms with Gasteiger partial charge in [-0.1, -0.05) is 32.3 Å². The first-order valence-corrected chi connectivity index (χ1v) is 10.4. The summed E-state index contributed by atoms with van der Waals surface area (Å²) in [6.07, 6.45) is 5.23. The molecule has 0 saturated carbocycles. The van der Waals surface area contributed by atoms with Gasteiger partial charge >= 0.3 is 5.63 Å². The zero-order valence-corrected chi connectivity index (χ0v) is 17.2. The highest BCUT2D eigenvalue weighted by molar-refractivity contribution is 5.83. The lowest BCUT2D eigenvalue weighted by molar-refractivity contribution is 0.322. The highest BCUT2D eigenvalue weighted by atomic mass is 19.2. The molecule has 1 aromatic carbocycles. The smallest absolute Gasteiger partial charge is 0.346 e. The van der Waals surface area contributed by atoms with Crippen molar-refractivity contribution in [3.8, 4) is 5.75 Å². The molecule has 0 aliphatic carbocycles. The van der Waals surface area contributed by atoms with Crippen molar-refractivity contribution in [1.82, 2.24) is 0 Å². The van der Waals surface area contributed by atoms with E-state index in [-0.39, 0.29) is 24.0 Å². The summed E-state index contributed by atoms with van der Waals surface area (Å²) in [7, 11) is 0. The van der Waals surface area contributed by atoms with E-state index in [0.29, 0.717) is 37.0 Å². The number of ether oxygens (including phenoxy) is 1. The monoisotopic (exact) mass is 410 g/mol. The van der Waals surface area contributed by atoms with Crippen molar-refractivity contribution in [2.75, 3.05) is 6.61 Å². The van der Waals surface area contributed by atoms with Crippen LogP contribution in [0.3, 0.4) is 0 Å². The van der Waals surface area contributed by atoms with Crippen molar-refractivity contribution >= 4 is 10.8 Å². The quantitative estimate of drug-likeness (QED) is 0.348. The molecule has 0 saturated heterocycles. The van der Waals surface area contributed by atoms with E-state index in [9.17, 15) is 18.0 Å². The first kappa shape index (κ1) is 23.0. The van der Waals surface area contributed by atoms with Crippen LogP contribution < -0.4 is 10.4 Å². The molecule has 2 aromatic rings. The number of fused-ring (bicyclic) bond motifs is 1. The van der Waals surface area contributed by atoms with E-state index in [0.717, 1.165) is 25.7 Å². The molecule has 0 amide bonds. The minimum absolute atomic E-state index is 0.0347. The van der Waals surface area contributed by atoms with Crippen molar-refractivity contribution in [3.63, 3.8) is 0 Å². The molecule has 1 heterocycles. The number of allylic oxidation sites excluding steroid dienone is 2. The molecule has 0 bridgehead atoms. The van der Waals surface area contributed by atoms with Crippen LogP contribution in [-0.2, 0) is 6.42 Å². The average Bonchev–Trinajstić information content (AvgIpc) is 2.70. The predicted octanol–water partition coefficient (Wildman–Crippen LogP) is 7.16. The molecule has 0 aliphatic rings. The summed E-state index contributed by atoms with van der Waals surface area (Å²) in [6, 6.07) is 4.82. The molecule has 0 atom stereocenters. The van der Waals surface area contributed by atoms with Gasteiger partial charge in [0, 0.05) is 19.3 Å². The zero-order valence-electron chi connectivity index (χ0n) is 17.2. The number of benzene rings is 1. The molecular formula is C23H29F3O3. The Bertz CT molecular complexity index is 887. The average molecular weight is 410 g/mol. The maximum absolute atomic E-state index is 14.4. The summed E-state index contributed by atoms with van der Waals surface area (Å²) >= 11 is 0. The normalized spacial score (nSPS) is 12.3. The number of halogens is 3. The number of aryl methyl sites for hydroxylation is 1. The fourth-order valence-corrected chi connectivity index (χ4v) is 3.20. The third-order valence-electron chi connectivity index (χ3n) is 4.80. The zero-order chi connectivity index (χ0) is 21.2. The number of hydrogen-bond acceptors (Lipinski definition) is 3. The maximum Gasteiger partial charge on any atom is 0.346 e. The highest BCUT2D eigenvalue weighted by Crippen LogP contribution is 2.25. The van der Waals surface area contributed by atoms with Gasteiger partial charge < -0.3 is 9.15 Å². The van der Waals surface area contributed by atoms with E-state index in [2.05, 4.69) is 0 Å². The molecule has 2 rings (SSSR count). The molecule has 160 valence electrons. The van der Waals surface area contributed by atoms with E-state index in [1.165, 1.54) is 6.07 Å². The molecule has 3 nitrogen and oxygen atoms in total. The topological polar surface area (TPSA) is 39.4 Å². The second-order valence-electron chi connectivity index (χ2n) is 7.10. The first-order chi connectivity index (χ1) is 14.0. The molecule has 0 aliphatic heterocycles. The Hall–Kier alpha value is -2.24. The van der Waals surface area contributed by atoms with Gasteiger partial charge in [0.1, 0.15) is 22.8 Å². The number of hydrogen-bond donors (Lipinski definition) is 0. The predicted molar refractivity (Wildman–Crippen MR) is 109 cm³/mol. The van der Waals surface area contributed by atoms with Crippen LogP contribution in [0.5, 0.6) is 5.75 Å². The minimum Gasteiger partial charge on any atom is -0.491 e. The van der Waals surface area contributed by atoms with E-state index < -0.39 is 23.1 Å². The fraction of sp³-hybridized carbons (Fsp3) is 0.522. The Balaban J connectivity index is 1.85. The molecule has 0 unspecified atom stereocenters. The molecule has 0 N–H and O–H groups in total. The summed E-state index contributed by atoms with van der Waals surface area (Å²) in [5.41, 5.74) is -0.716. The SMILES string of the molecule is CCCC/C(F)=C(\F)CCCCCCc1cc2ccc(OCC)c(F)c2c(=O)o1. The first-order valence-electron chi connectivity index (χ1n) is 10.4. The van der Waals surface area contributed by atoms with Crippen LogP contribution in [0, 0.1) is 5.82 Å². The third kappa shape index (κ3) is 6.65. The highest BCUT2D eigenvalue weighted by Gasteiger charge is 2.14. The minimum atomic E-state index is -0.716. The lowest BCUT2D eigenvalue weighted by atomic mass is 10.1. The lowest BCUT2D eigenvalue weighted by Gasteiger charge is -2.07. The van der Waals surface area contributed by atoms with Crippen molar-refractivity contribution < 1.29 is 22.3 Å². The van der Waals surface area contributed by atoms with Gasteiger partial charge in [0.2, 0.25) is 0 Å². The van der Waals surface area contributed by atoms with Crippen LogP contribution in [-0.4, -0.2) is 6.61 Å². The summed E-state index contributed by atoms with van der Waals surface area (Å²) in [5, 5.41) is 0.374. The largest absolute Gasteiger partial charge is 0.491 e. The summed E-state index contributed by atoms with van der Waals surface area (Å²) in [6.45, 7) is 3.98. The van der Waals surface area contributed by atoms with Gasteiger partial charge in [-0.3, -0.25) is 0 Å². The Labute approximate surface area is 169 Å². The Morgan fingerprint density at radius 1 is 1.00 bits per heavy atom. The summed E-state index contributed by atoms with van der Waals surface area (Å²) in [5.74, 6) is -1.43. The molecular weight excluding hydrogens is 381 g/mol. The maximum atomic E-state index is 14.4. The Kier molecular flexibility index (Phi) is 9.29. The van der Waals surface area contributed by atoms with Crippen molar-refractivity contribution in [1.29, 1.82) is 0 Å². The van der Waals surface area contributed by atoms with Crippen LogP contribution in [0.25, 0.3) is 10.8 Å². The van der Waals surface area contributed by atoms with Gasteiger partial charge in [0.05, 0.1) is 6.61 Å². The van der Waals surface area contributed by atoms with Crippen LogP contribution in [0.4, 0.5) is 13.2 Å². The number of rotatable bonds is 12. The van der Waals surface area contributed by atoms with Gasteiger partial charge in [-0.15, -0.1) is 0 Å². The van der Waals surface area contributed by atoms with E-state index in [1.807, 2.05) is 6.92 Å². The molecule has 0 radical (unpaired) electrons. The van der Waals surface area contributed by atoms with Gasteiger partial charge in [-0.2, -0.15) is 0 Å². The van der Waals surface area contributed by atoms with Crippen LogP contribution >= 0.6 is 0 Å². The standard InChI is InChI=1S/C23H29F3O3/c1-3-5-11-18(24)19(25)12-9-7-6-8-10-17-15-16-13-14-20(28-4-2)22(26)21(16)23(27)29-17/h13-15H,3-12H2,1-2H3/b19-18+. The van der Waals surface area contributed by atoms with Gasteiger partial charge in [0.25, 0.3) is 0 Å². The second-order valence-corrected chi connectivity index (χ2v) is 7.10. The third-order valence-corrected chi connectivity index (χ3v) is 4.80. The van der Waals surface area contributed by atoms with Gasteiger partial charge in [-0.25, -0.2) is 18.0 Å². The van der Waals surface area contributed by atoms with E-state index >= 15 is 0 Å². The lowest BCUT2D eigenvalue weighted by Crippen LogP contribution is -2.06. The van der Waals surface area contributed by atoms with Crippen molar-refractivity contribution in [2.45, 2.75) is 71.6 Å². The molecule has 6 heteroatoms. The molecule has 0 spiro atoms. The molecule has 0 fully saturated rings. The van der Waals surface area contributed by atoms with Crippen LogP contribution in [0.2, 0.25) is 0 Å². The van der Waals surface area contributed by atoms with Gasteiger partial charge in [-0.05, 0) is 43.7 Å². The van der Waals surface area contributed by atoms with Gasteiger partial charge in [0.15, 0.2) is 11.6 Å². The van der Waals surface area contributed by atoms with Crippen molar-refractivity contribution in [3.05, 3.63) is 51.9 Å². The summed E-state index contributed by atoms with van der Waals surface area (Å²) in [4.78, 5) is 12.2. The molecule has 1 aromatic heterocycles. The molecule has 29 heavy (non-hydrogen) atoms. The number of unbranched alkanes of at least 4 members (excludes halogenated alkanes) is 4. The Morgan fingerprint density at radius 2 is 1.69 bits per heavy atom. The van der Waals surface area contributed by atoms with Crippen LogP contribution in [0.15, 0.2) is 39.1 Å². The summed E-state index contributed by atoms with van der Waals surface area (Å²) < 4.78 is 51.9. The van der Waals surface area contributed by atoms with Crippen LogP contribution in [0.1, 0.15) is 71.0 Å². The van der Waals surface area contributed by atoms with E-state index in [1.54, 1.807) is 19.1 Å².